The molecule has 1 heterocycles. The minimum atomic E-state index is -3.96. The molecule has 0 aromatic heterocycles. The van der Waals surface area contributed by atoms with E-state index in [1.807, 2.05) is 67.6 Å². The zero-order chi connectivity index (χ0) is 24.6. The van der Waals surface area contributed by atoms with Crippen molar-refractivity contribution in [2.24, 2.45) is 0 Å². The lowest BCUT2D eigenvalue weighted by Crippen LogP contribution is -2.61. The second kappa shape index (κ2) is 12.7. The van der Waals surface area contributed by atoms with E-state index in [-0.39, 0.29) is 13.2 Å². The van der Waals surface area contributed by atoms with Gasteiger partial charge in [-0.1, -0.05) is 67.6 Å². The van der Waals surface area contributed by atoms with E-state index in [0.29, 0.717) is 5.75 Å². The van der Waals surface area contributed by atoms with Gasteiger partial charge in [-0.2, -0.15) is 8.42 Å². The summed E-state index contributed by atoms with van der Waals surface area (Å²) in [5.74, 6) is -0.0718. The lowest BCUT2D eigenvalue weighted by molar-refractivity contribution is -0.230. The van der Waals surface area contributed by atoms with Gasteiger partial charge < -0.3 is 18.9 Å². The van der Waals surface area contributed by atoms with Crippen molar-refractivity contribution in [3.05, 3.63) is 71.8 Å². The Morgan fingerprint density at radius 1 is 0.912 bits per heavy atom. The Labute approximate surface area is 205 Å². The van der Waals surface area contributed by atoms with Crippen LogP contribution in [0.5, 0.6) is 0 Å². The maximum Gasteiger partial charge on any atom is 0.337 e. The van der Waals surface area contributed by atoms with Crippen molar-refractivity contribution in [1.82, 2.24) is 0 Å². The third-order valence-electron chi connectivity index (χ3n) is 5.12. The number of esters is 1. The minimum absolute atomic E-state index is 0.164. The summed E-state index contributed by atoms with van der Waals surface area (Å²) in [5, 5.41) is 0. The Hall–Kier alpha value is -1.95. The molecule has 1 fully saturated rings. The molecule has 1 saturated heterocycles. The van der Waals surface area contributed by atoms with E-state index in [1.54, 1.807) is 0 Å². The van der Waals surface area contributed by atoms with E-state index >= 15 is 0 Å². The van der Waals surface area contributed by atoms with Crippen LogP contribution in [-0.2, 0) is 51.3 Å². The molecule has 0 unspecified atom stereocenters. The van der Waals surface area contributed by atoms with Crippen LogP contribution in [0.3, 0.4) is 0 Å². The van der Waals surface area contributed by atoms with E-state index in [4.69, 9.17) is 23.1 Å². The third-order valence-corrected chi connectivity index (χ3v) is 6.73. The van der Waals surface area contributed by atoms with Gasteiger partial charge in [0.1, 0.15) is 23.7 Å². The first kappa shape index (κ1) is 26.7. The normalized spacial score (nSPS) is 25.1. The van der Waals surface area contributed by atoms with Gasteiger partial charge in [0.05, 0.1) is 26.6 Å². The summed E-state index contributed by atoms with van der Waals surface area (Å²) in [6, 6.07) is 19.0. The van der Waals surface area contributed by atoms with Crippen LogP contribution in [-0.4, -0.2) is 63.4 Å². The van der Waals surface area contributed by atoms with E-state index in [9.17, 15) is 13.2 Å². The smallest absolute Gasteiger partial charge is 0.337 e. The van der Waals surface area contributed by atoms with Gasteiger partial charge >= 0.3 is 5.97 Å². The highest BCUT2D eigenvalue weighted by Gasteiger charge is 2.52. The lowest BCUT2D eigenvalue weighted by atomic mass is 9.99. The van der Waals surface area contributed by atoms with Crippen LogP contribution in [0.15, 0.2) is 60.7 Å². The first-order chi connectivity index (χ1) is 16.3. The standard InChI is InChI=1S/C24H30O8S2/c1-4-33-24-22(30-16-18-13-9-6-10-14-18)19(29-15-17-11-7-5-8-12-17)20(32-34(3,26)27)21(31-24)23(25)28-2/h5-14,19-22,24H,4,15-16H2,1-3H3/t19-,20-,21-,22+,24-/m0/s1. The highest BCUT2D eigenvalue weighted by Crippen LogP contribution is 2.35. The topological polar surface area (TPSA) is 97.4 Å². The predicted molar refractivity (Wildman–Crippen MR) is 129 cm³/mol. The number of hydrogen-bond donors (Lipinski definition) is 0. The zero-order valence-electron chi connectivity index (χ0n) is 19.4. The molecule has 0 spiro atoms. The SMILES string of the molecule is CCS[C@@H]1O[C@H](C(=O)OC)[C@@H](OS(C)(=O)=O)[C@H](OCc2ccccc2)[C@H]1OCc1ccccc1. The monoisotopic (exact) mass is 510 g/mol. The number of ether oxygens (including phenoxy) is 4. The lowest BCUT2D eigenvalue weighted by Gasteiger charge is -2.44. The number of carbonyl (C=O) groups is 1. The molecular weight excluding hydrogens is 480 g/mol. The number of hydrogen-bond acceptors (Lipinski definition) is 9. The molecule has 0 aliphatic carbocycles. The maximum atomic E-state index is 12.6. The van der Waals surface area contributed by atoms with Gasteiger partial charge in [0.25, 0.3) is 10.1 Å². The van der Waals surface area contributed by atoms with Crippen LogP contribution < -0.4 is 0 Å². The molecule has 2 aromatic carbocycles. The number of methoxy groups -OCH3 is 1. The Morgan fingerprint density at radius 3 is 1.91 bits per heavy atom. The van der Waals surface area contributed by atoms with Crippen LogP contribution in [0.4, 0.5) is 0 Å². The Morgan fingerprint density at radius 2 is 1.44 bits per heavy atom. The van der Waals surface area contributed by atoms with Crippen LogP contribution in [0.1, 0.15) is 18.1 Å². The predicted octanol–water partition coefficient (Wildman–Crippen LogP) is 3.15. The van der Waals surface area contributed by atoms with Gasteiger partial charge in [-0.05, 0) is 16.9 Å². The first-order valence-electron chi connectivity index (χ1n) is 10.9. The minimum Gasteiger partial charge on any atom is -0.467 e. The molecule has 5 atom stereocenters. The Bertz CT molecular complexity index is 1000. The molecule has 8 nitrogen and oxygen atoms in total. The van der Waals surface area contributed by atoms with Crippen molar-refractivity contribution >= 4 is 27.8 Å². The quantitative estimate of drug-likeness (QED) is 0.333. The summed E-state index contributed by atoms with van der Waals surface area (Å²) >= 11 is 1.43. The average Bonchev–Trinajstić information content (AvgIpc) is 2.83. The highest BCUT2D eigenvalue weighted by atomic mass is 32.2. The molecule has 3 rings (SSSR count). The number of carbonyl (C=O) groups excluding carboxylic acids is 1. The molecule has 186 valence electrons. The van der Waals surface area contributed by atoms with Gasteiger partial charge in [0, 0.05) is 0 Å². The fourth-order valence-electron chi connectivity index (χ4n) is 3.62. The Balaban J connectivity index is 1.95. The van der Waals surface area contributed by atoms with Gasteiger partial charge in [0.2, 0.25) is 0 Å². The highest BCUT2D eigenvalue weighted by molar-refractivity contribution is 7.99. The average molecular weight is 511 g/mol. The van der Waals surface area contributed by atoms with Crippen molar-refractivity contribution in [1.29, 1.82) is 0 Å². The second-order valence-electron chi connectivity index (χ2n) is 7.69. The number of rotatable bonds is 11. The molecule has 1 aliphatic rings. The van der Waals surface area contributed by atoms with E-state index < -0.39 is 45.9 Å². The van der Waals surface area contributed by atoms with Crippen LogP contribution in [0, 0.1) is 0 Å². The van der Waals surface area contributed by atoms with E-state index in [0.717, 1.165) is 17.4 Å². The van der Waals surface area contributed by atoms with Gasteiger partial charge in [-0.25, -0.2) is 4.79 Å². The third kappa shape index (κ3) is 7.53. The fraction of sp³-hybridized carbons (Fsp3) is 0.458. The fourth-order valence-corrected chi connectivity index (χ4v) is 5.19. The maximum absolute atomic E-state index is 12.6. The Kier molecular flexibility index (Phi) is 9.93. The second-order valence-corrected chi connectivity index (χ2v) is 10.7. The molecule has 0 amide bonds. The summed E-state index contributed by atoms with van der Waals surface area (Å²) in [7, 11) is -2.75. The van der Waals surface area contributed by atoms with Crippen LogP contribution in [0.2, 0.25) is 0 Å². The largest absolute Gasteiger partial charge is 0.467 e. The van der Waals surface area contributed by atoms with Gasteiger partial charge in [0.15, 0.2) is 6.10 Å². The molecule has 0 N–H and O–H groups in total. The van der Waals surface area contributed by atoms with Crippen molar-refractivity contribution in [2.45, 2.75) is 50.0 Å². The van der Waals surface area contributed by atoms with E-state index in [1.165, 1.54) is 18.9 Å². The molecule has 2 aromatic rings. The zero-order valence-corrected chi connectivity index (χ0v) is 21.0. The number of benzene rings is 2. The van der Waals surface area contributed by atoms with Gasteiger partial charge in [-0.3, -0.25) is 4.18 Å². The van der Waals surface area contributed by atoms with Crippen LogP contribution >= 0.6 is 11.8 Å². The molecule has 0 bridgehead atoms. The molecule has 34 heavy (non-hydrogen) atoms. The summed E-state index contributed by atoms with van der Waals surface area (Å²) < 4.78 is 53.0. The van der Waals surface area contributed by atoms with Crippen molar-refractivity contribution in [2.75, 3.05) is 19.1 Å². The van der Waals surface area contributed by atoms with E-state index in [2.05, 4.69) is 0 Å². The first-order valence-corrected chi connectivity index (χ1v) is 13.7. The summed E-state index contributed by atoms with van der Waals surface area (Å²) in [6.07, 6.45) is -3.33. The molecular formula is C24H30O8S2. The van der Waals surface area contributed by atoms with Crippen molar-refractivity contribution < 1.29 is 36.3 Å². The summed E-state index contributed by atoms with van der Waals surface area (Å²) in [4.78, 5) is 12.6. The molecule has 1 aliphatic heterocycles. The van der Waals surface area contributed by atoms with Gasteiger partial charge in [-0.15, -0.1) is 11.8 Å². The summed E-state index contributed by atoms with van der Waals surface area (Å²) in [6.45, 7) is 2.36. The molecule has 10 heteroatoms. The van der Waals surface area contributed by atoms with Crippen molar-refractivity contribution in [3.8, 4) is 0 Å². The summed E-state index contributed by atoms with van der Waals surface area (Å²) in [5.41, 5.74) is 1.20. The number of thioether (sulfide) groups is 1. The molecule has 0 saturated carbocycles. The molecule has 0 radical (unpaired) electrons. The van der Waals surface area contributed by atoms with Crippen molar-refractivity contribution in [3.63, 3.8) is 0 Å². The van der Waals surface area contributed by atoms with Crippen LogP contribution in [0.25, 0.3) is 0 Å².